The molecule has 0 aromatic carbocycles. The zero-order valence-corrected chi connectivity index (χ0v) is 7.99. The number of hydrogen-bond donors (Lipinski definition) is 0. The van der Waals surface area contributed by atoms with Gasteiger partial charge in [0.2, 0.25) is 12.2 Å². The number of nitrogens with zero attached hydrogens (tertiary/aromatic N) is 2. The van der Waals surface area contributed by atoms with Crippen LogP contribution in [0.3, 0.4) is 0 Å². The molecule has 72 valence electrons. The molecule has 0 saturated carbocycles. The molecule has 0 radical (unpaired) electrons. The summed E-state index contributed by atoms with van der Waals surface area (Å²) in [5, 5.41) is 0. The van der Waals surface area contributed by atoms with Gasteiger partial charge in [-0.25, -0.2) is 14.2 Å². The van der Waals surface area contributed by atoms with Gasteiger partial charge in [-0.3, -0.25) is 4.52 Å². The lowest BCUT2D eigenvalue weighted by molar-refractivity contribution is 0.307. The van der Waals surface area contributed by atoms with Crippen LogP contribution in [0.15, 0.2) is 9.53 Å². The minimum atomic E-state index is -3.85. The molecule has 0 aliphatic heterocycles. The van der Waals surface area contributed by atoms with Crippen molar-refractivity contribution in [1.82, 2.24) is 0 Å². The number of hydrogen-bond acceptors (Lipinski definition) is 4. The van der Waals surface area contributed by atoms with E-state index in [2.05, 4.69) is 14.0 Å². The van der Waals surface area contributed by atoms with E-state index in [1.807, 2.05) is 6.92 Å². The molecule has 0 atom stereocenters. The lowest BCUT2D eigenvalue weighted by Gasteiger charge is -2.03. The summed E-state index contributed by atoms with van der Waals surface area (Å²) in [7, 11) is -3.85. The van der Waals surface area contributed by atoms with Gasteiger partial charge >= 0.3 is 7.67 Å². The molecule has 7 heteroatoms. The van der Waals surface area contributed by atoms with Gasteiger partial charge in [-0.05, 0) is 6.42 Å². The topological polar surface area (TPSA) is 85.2 Å². The highest BCUT2D eigenvalue weighted by Gasteiger charge is 2.20. The summed E-state index contributed by atoms with van der Waals surface area (Å²) in [6.45, 7) is 2.03. The summed E-state index contributed by atoms with van der Waals surface area (Å²) < 4.78 is 21.5. The van der Waals surface area contributed by atoms with Crippen LogP contribution < -0.4 is 0 Å². The molecule has 0 saturated heterocycles. The normalized spacial score (nSPS) is 13.6. The van der Waals surface area contributed by atoms with Crippen LogP contribution in [0.4, 0.5) is 0 Å². The molecule has 0 aromatic rings. The zero-order chi connectivity index (χ0) is 10.2. The van der Waals surface area contributed by atoms with E-state index in [4.69, 9.17) is 0 Å². The van der Waals surface area contributed by atoms with Gasteiger partial charge in [0.1, 0.15) is 0 Å². The van der Waals surface area contributed by atoms with Crippen LogP contribution in [0.5, 0.6) is 0 Å². The molecule has 0 N–H and O–H groups in total. The number of unbranched alkanes of at least 4 members (excludes halogenated alkanes) is 1. The Morgan fingerprint density at radius 3 is 2.23 bits per heavy atom. The van der Waals surface area contributed by atoms with Crippen LogP contribution in [0.1, 0.15) is 19.8 Å². The van der Waals surface area contributed by atoms with Gasteiger partial charge in [-0.2, -0.15) is 0 Å². The standard InChI is InChI=1S/C6H9N2O4P/c1-2-3-4-12-13(11,7-5-9)8-6-10/h2-4H2,1H3. The Hall–Kier alpha value is -1.05. The summed E-state index contributed by atoms with van der Waals surface area (Å²) in [5.74, 6) is 0. The Kier molecular flexibility index (Phi) is 5.94. The third-order valence-electron chi connectivity index (χ3n) is 1.09. The third kappa shape index (κ3) is 5.23. The van der Waals surface area contributed by atoms with Crippen molar-refractivity contribution in [3.05, 3.63) is 0 Å². The first-order chi connectivity index (χ1) is 6.18. The van der Waals surface area contributed by atoms with E-state index in [0.717, 1.165) is 18.6 Å². The first-order valence-corrected chi connectivity index (χ1v) is 5.15. The summed E-state index contributed by atoms with van der Waals surface area (Å²) in [4.78, 5) is 19.6. The van der Waals surface area contributed by atoms with E-state index in [1.54, 1.807) is 0 Å². The predicted molar refractivity (Wildman–Crippen MR) is 44.7 cm³/mol. The van der Waals surface area contributed by atoms with Gasteiger partial charge in [0.25, 0.3) is 0 Å². The van der Waals surface area contributed by atoms with Crippen molar-refractivity contribution in [3.63, 3.8) is 0 Å². The highest BCUT2D eigenvalue weighted by atomic mass is 31.2. The largest absolute Gasteiger partial charge is 0.455 e. The lowest BCUT2D eigenvalue weighted by atomic mass is 10.4. The fourth-order valence-corrected chi connectivity index (χ4v) is 1.24. The van der Waals surface area contributed by atoms with E-state index < -0.39 is 7.67 Å². The Morgan fingerprint density at radius 1 is 1.31 bits per heavy atom. The molecule has 0 aliphatic carbocycles. The second-order valence-electron chi connectivity index (χ2n) is 2.06. The third-order valence-corrected chi connectivity index (χ3v) is 2.28. The summed E-state index contributed by atoms with van der Waals surface area (Å²) in [5.41, 5.74) is 0. The fraction of sp³-hybridized carbons (Fsp3) is 0.667. The predicted octanol–water partition coefficient (Wildman–Crippen LogP) is 1.58. The maximum absolute atomic E-state index is 11.2. The van der Waals surface area contributed by atoms with Crippen LogP contribution >= 0.6 is 7.67 Å². The molecular formula is C6H9N2O4P. The van der Waals surface area contributed by atoms with Crippen molar-refractivity contribution in [2.45, 2.75) is 19.8 Å². The Labute approximate surface area is 75.3 Å². The fourth-order valence-electron chi connectivity index (χ4n) is 0.511. The van der Waals surface area contributed by atoms with Gasteiger partial charge < -0.3 is 0 Å². The van der Waals surface area contributed by atoms with Gasteiger partial charge in [0.05, 0.1) is 6.61 Å². The molecule has 0 unspecified atom stereocenters. The first kappa shape index (κ1) is 11.9. The number of carbonyl (C=O) groups excluding carboxylic acids is 2. The van der Waals surface area contributed by atoms with Crippen LogP contribution in [0.2, 0.25) is 0 Å². The van der Waals surface area contributed by atoms with Crippen molar-refractivity contribution >= 4 is 19.8 Å². The second kappa shape index (κ2) is 6.46. The van der Waals surface area contributed by atoms with E-state index in [-0.39, 0.29) is 6.61 Å². The number of rotatable bonds is 6. The van der Waals surface area contributed by atoms with Gasteiger partial charge in [-0.15, -0.1) is 0 Å². The van der Waals surface area contributed by atoms with Crippen molar-refractivity contribution in [1.29, 1.82) is 0 Å². The highest BCUT2D eigenvalue weighted by molar-refractivity contribution is 7.56. The summed E-state index contributed by atoms with van der Waals surface area (Å²) in [6.07, 6.45) is 3.54. The van der Waals surface area contributed by atoms with Crippen LogP contribution in [0.25, 0.3) is 0 Å². The van der Waals surface area contributed by atoms with E-state index >= 15 is 0 Å². The van der Waals surface area contributed by atoms with Gasteiger partial charge in [0.15, 0.2) is 0 Å². The van der Waals surface area contributed by atoms with Gasteiger partial charge in [-0.1, -0.05) is 22.9 Å². The Bertz CT molecular complexity index is 269. The second-order valence-corrected chi connectivity index (χ2v) is 3.70. The van der Waals surface area contributed by atoms with Crippen molar-refractivity contribution in [2.75, 3.05) is 6.61 Å². The average molecular weight is 204 g/mol. The molecule has 0 rings (SSSR count). The molecule has 0 amide bonds. The van der Waals surface area contributed by atoms with E-state index in [0.29, 0.717) is 6.42 Å². The average Bonchev–Trinajstić information content (AvgIpc) is 2.05. The molecular weight excluding hydrogens is 195 g/mol. The van der Waals surface area contributed by atoms with Crippen LogP contribution in [0, 0.1) is 0 Å². The lowest BCUT2D eigenvalue weighted by Crippen LogP contribution is -1.89. The van der Waals surface area contributed by atoms with Crippen LogP contribution in [-0.4, -0.2) is 18.8 Å². The zero-order valence-electron chi connectivity index (χ0n) is 7.10. The maximum atomic E-state index is 11.2. The monoisotopic (exact) mass is 204 g/mol. The minimum Gasteiger partial charge on any atom is -0.294 e. The molecule has 0 aliphatic rings. The van der Waals surface area contributed by atoms with Gasteiger partial charge in [0, 0.05) is 0 Å². The Balaban J connectivity index is 4.34. The molecule has 0 spiro atoms. The molecule has 0 bridgehead atoms. The van der Waals surface area contributed by atoms with E-state index in [9.17, 15) is 14.2 Å². The van der Waals surface area contributed by atoms with Crippen LogP contribution in [-0.2, 0) is 18.7 Å². The van der Waals surface area contributed by atoms with E-state index in [1.165, 1.54) is 0 Å². The molecule has 0 aromatic heterocycles. The number of isocyanates is 2. The highest BCUT2D eigenvalue weighted by Crippen LogP contribution is 2.49. The smallest absolute Gasteiger partial charge is 0.294 e. The first-order valence-electron chi connectivity index (χ1n) is 3.62. The quantitative estimate of drug-likeness (QED) is 0.284. The molecule has 6 nitrogen and oxygen atoms in total. The minimum absolute atomic E-state index is 0.129. The summed E-state index contributed by atoms with van der Waals surface area (Å²) >= 11 is 0. The molecule has 0 heterocycles. The van der Waals surface area contributed by atoms with Crippen molar-refractivity contribution in [3.8, 4) is 0 Å². The molecule has 0 fully saturated rings. The Morgan fingerprint density at radius 2 is 1.85 bits per heavy atom. The van der Waals surface area contributed by atoms with Crippen molar-refractivity contribution < 1.29 is 18.7 Å². The SMILES string of the molecule is CCCCOP(=O)(N=C=O)N=C=O. The van der Waals surface area contributed by atoms with Crippen molar-refractivity contribution in [2.24, 2.45) is 9.53 Å². The molecule has 13 heavy (non-hydrogen) atoms. The summed E-state index contributed by atoms with van der Waals surface area (Å²) in [6, 6.07) is 0. The maximum Gasteiger partial charge on any atom is 0.455 e.